The summed E-state index contributed by atoms with van der Waals surface area (Å²) in [4.78, 5) is 0.469. The number of aliphatic hydroxyl groups is 1. The highest BCUT2D eigenvalue weighted by Crippen LogP contribution is 2.77. The van der Waals surface area contributed by atoms with Crippen LogP contribution in [0.5, 0.6) is 0 Å². The van der Waals surface area contributed by atoms with Crippen molar-refractivity contribution in [3.63, 3.8) is 0 Å². The van der Waals surface area contributed by atoms with Gasteiger partial charge in [-0.3, -0.25) is 0 Å². The second-order valence-electron chi connectivity index (χ2n) is 12.8. The van der Waals surface area contributed by atoms with Gasteiger partial charge in [0.1, 0.15) is 0 Å². The van der Waals surface area contributed by atoms with E-state index in [0.717, 1.165) is 31.1 Å². The highest BCUT2D eigenvalue weighted by Gasteiger charge is 2.69. The normalized spacial score (nSPS) is 46.9. The average Bonchev–Trinajstić information content (AvgIpc) is 3.35. The second kappa shape index (κ2) is 7.20. The summed E-state index contributed by atoms with van der Waals surface area (Å²) < 4.78 is 26.3. The Balaban J connectivity index is 1.24. The summed E-state index contributed by atoms with van der Waals surface area (Å²) in [7, 11) is -3.25. The maximum atomic E-state index is 13.1. The van der Waals surface area contributed by atoms with Crippen LogP contribution in [0.15, 0.2) is 46.9 Å². The molecule has 1 aromatic rings. The molecule has 4 heteroatoms. The lowest BCUT2D eigenvalue weighted by Gasteiger charge is -2.61. The Morgan fingerprint density at radius 2 is 1.79 bits per heavy atom. The van der Waals surface area contributed by atoms with Crippen molar-refractivity contribution in [1.29, 1.82) is 0 Å². The largest absolute Gasteiger partial charge is 0.393 e. The van der Waals surface area contributed by atoms with E-state index in [0.29, 0.717) is 22.1 Å². The second-order valence-corrected chi connectivity index (χ2v) is 14.9. The van der Waals surface area contributed by atoms with Crippen LogP contribution in [0.2, 0.25) is 0 Å². The fourth-order valence-corrected chi connectivity index (χ4v) is 11.6. The van der Waals surface area contributed by atoms with E-state index in [-0.39, 0.29) is 28.6 Å². The minimum atomic E-state index is -3.25. The quantitative estimate of drug-likeness (QED) is 0.548. The Morgan fingerprint density at radius 1 is 1.03 bits per heavy atom. The third-order valence-corrected chi connectivity index (χ3v) is 13.5. The number of rotatable bonds is 4. The van der Waals surface area contributed by atoms with Crippen LogP contribution in [0.4, 0.5) is 0 Å². The molecule has 0 saturated heterocycles. The Labute approximate surface area is 200 Å². The van der Waals surface area contributed by atoms with E-state index in [4.69, 9.17) is 0 Å². The summed E-state index contributed by atoms with van der Waals surface area (Å²) >= 11 is 0. The minimum Gasteiger partial charge on any atom is -0.393 e. The van der Waals surface area contributed by atoms with Gasteiger partial charge in [-0.05, 0) is 104 Å². The highest BCUT2D eigenvalue weighted by atomic mass is 32.2. The van der Waals surface area contributed by atoms with Gasteiger partial charge in [0, 0.05) is 5.41 Å². The van der Waals surface area contributed by atoms with Crippen molar-refractivity contribution < 1.29 is 13.5 Å². The Kier molecular flexibility index (Phi) is 4.87. The number of benzene rings is 1. The maximum absolute atomic E-state index is 13.1. The lowest BCUT2D eigenvalue weighted by Crippen LogP contribution is -2.55. The van der Waals surface area contributed by atoms with E-state index in [2.05, 4.69) is 26.8 Å². The van der Waals surface area contributed by atoms with Gasteiger partial charge in [-0.25, -0.2) is 8.42 Å². The smallest absolute Gasteiger partial charge is 0.178 e. The van der Waals surface area contributed by atoms with Crippen molar-refractivity contribution in [3.8, 4) is 0 Å². The molecule has 5 aliphatic rings. The summed E-state index contributed by atoms with van der Waals surface area (Å²) in [6.45, 7) is 7.25. The predicted molar refractivity (Wildman–Crippen MR) is 131 cm³/mol. The third-order valence-electron chi connectivity index (χ3n) is 11.5. The minimum absolute atomic E-state index is 0.125. The molecule has 0 amide bonds. The number of sulfone groups is 1. The molecule has 4 saturated carbocycles. The van der Waals surface area contributed by atoms with E-state index in [1.807, 2.05) is 18.2 Å². The first-order valence-electron chi connectivity index (χ1n) is 13.3. The first kappa shape index (κ1) is 22.3. The van der Waals surface area contributed by atoms with Crippen molar-refractivity contribution in [2.24, 2.45) is 45.8 Å². The Morgan fingerprint density at radius 3 is 2.55 bits per heavy atom. The molecular weight excluding hydrogens is 428 g/mol. The van der Waals surface area contributed by atoms with Gasteiger partial charge >= 0.3 is 0 Å². The molecule has 3 nitrogen and oxygen atoms in total. The van der Waals surface area contributed by atoms with Crippen molar-refractivity contribution in [3.05, 3.63) is 42.0 Å². The van der Waals surface area contributed by atoms with Crippen LogP contribution >= 0.6 is 0 Å². The van der Waals surface area contributed by atoms with Gasteiger partial charge in [0.25, 0.3) is 0 Å². The monoisotopic (exact) mass is 468 g/mol. The zero-order chi connectivity index (χ0) is 23.2. The first-order chi connectivity index (χ1) is 15.6. The molecule has 4 unspecified atom stereocenters. The molecule has 9 atom stereocenters. The summed E-state index contributed by atoms with van der Waals surface area (Å²) in [5.74, 6) is 3.16. The average molecular weight is 469 g/mol. The predicted octanol–water partition coefficient (Wildman–Crippen LogP) is 6.04. The lowest BCUT2D eigenvalue weighted by atomic mass is 9.43. The Bertz CT molecular complexity index is 1080. The molecule has 0 aromatic heterocycles. The van der Waals surface area contributed by atoms with E-state index < -0.39 is 9.84 Å². The van der Waals surface area contributed by atoms with Crippen LogP contribution in [0, 0.1) is 45.8 Å². The molecule has 5 aliphatic carbocycles. The number of hydrogen-bond acceptors (Lipinski definition) is 3. The van der Waals surface area contributed by atoms with Crippen LogP contribution in [0.1, 0.15) is 72.1 Å². The van der Waals surface area contributed by atoms with Crippen molar-refractivity contribution >= 4 is 9.84 Å². The van der Waals surface area contributed by atoms with Crippen molar-refractivity contribution in [1.82, 2.24) is 0 Å². The molecule has 0 bridgehead atoms. The molecule has 1 spiro atoms. The zero-order valence-corrected chi connectivity index (χ0v) is 21.3. The topological polar surface area (TPSA) is 54.4 Å². The van der Waals surface area contributed by atoms with E-state index >= 15 is 0 Å². The molecule has 0 aliphatic heterocycles. The SMILES string of the molecule is C[C@H](CS(=O)(=O)c1ccccc1)[C@H]1CCC2C3CC4=CC45C[C@@H](O)CC[C@]5(C)C3CC[C@@]21C. The van der Waals surface area contributed by atoms with Gasteiger partial charge in [0.05, 0.1) is 16.8 Å². The van der Waals surface area contributed by atoms with Crippen molar-refractivity contribution in [2.75, 3.05) is 5.75 Å². The number of fused-ring (bicyclic) bond motifs is 4. The molecule has 0 radical (unpaired) electrons. The lowest BCUT2D eigenvalue weighted by molar-refractivity contribution is -0.117. The van der Waals surface area contributed by atoms with Gasteiger partial charge < -0.3 is 5.11 Å². The van der Waals surface area contributed by atoms with E-state index in [1.54, 1.807) is 17.7 Å². The van der Waals surface area contributed by atoms with Gasteiger partial charge in [-0.15, -0.1) is 0 Å². The van der Waals surface area contributed by atoms with Gasteiger partial charge in [-0.1, -0.05) is 50.6 Å². The van der Waals surface area contributed by atoms with Crippen molar-refractivity contribution in [2.45, 2.75) is 83.1 Å². The van der Waals surface area contributed by atoms with E-state index in [1.165, 1.54) is 32.1 Å². The van der Waals surface area contributed by atoms with Crippen LogP contribution in [0.25, 0.3) is 0 Å². The fourth-order valence-electron chi connectivity index (χ4n) is 9.92. The zero-order valence-electron chi connectivity index (χ0n) is 20.5. The standard InChI is InChI=1S/C29H40O3S/c1-19(18-33(31,32)22-7-5-4-6-8-22)24-9-10-25-23-15-20-16-29(20)17-21(30)11-14-28(29,3)26(23)12-13-27(24,25)2/h4-8,16,19,21,23-26,30H,9-15,17-18H2,1-3H3/t19-,21+,23?,24-,25?,26?,27-,28-,29?/m1/s1. The van der Waals surface area contributed by atoms with Gasteiger partial charge in [0.2, 0.25) is 0 Å². The third kappa shape index (κ3) is 3.05. The van der Waals surface area contributed by atoms with Crippen LogP contribution in [-0.4, -0.2) is 25.4 Å². The molecule has 0 heterocycles. The molecular formula is C29H40O3S. The van der Waals surface area contributed by atoms with Gasteiger partial charge in [-0.2, -0.15) is 0 Å². The molecule has 6 rings (SSSR count). The van der Waals surface area contributed by atoms with Gasteiger partial charge in [0.15, 0.2) is 9.84 Å². The summed E-state index contributed by atoms with van der Waals surface area (Å²) in [5, 5.41) is 10.4. The first-order valence-corrected chi connectivity index (χ1v) is 14.9. The molecule has 4 fully saturated rings. The molecule has 1 aromatic carbocycles. The van der Waals surface area contributed by atoms with Crippen LogP contribution < -0.4 is 0 Å². The summed E-state index contributed by atoms with van der Waals surface area (Å²) in [5.41, 5.74) is 2.46. The van der Waals surface area contributed by atoms with Crippen LogP contribution in [-0.2, 0) is 9.84 Å². The fraction of sp³-hybridized carbons (Fsp3) is 0.724. The van der Waals surface area contributed by atoms with Crippen LogP contribution in [0.3, 0.4) is 0 Å². The maximum Gasteiger partial charge on any atom is 0.178 e. The Hall–Kier alpha value is -1.13. The van der Waals surface area contributed by atoms with E-state index in [9.17, 15) is 13.5 Å². The summed E-state index contributed by atoms with van der Waals surface area (Å²) in [6.07, 6.45) is 11.7. The molecule has 180 valence electrons. The number of aliphatic hydroxyl groups excluding tert-OH is 1. The number of hydrogen-bond donors (Lipinski definition) is 1. The summed E-state index contributed by atoms with van der Waals surface area (Å²) in [6, 6.07) is 9.02. The highest BCUT2D eigenvalue weighted by molar-refractivity contribution is 7.91. The number of allylic oxidation sites excluding steroid dienone is 2. The molecule has 33 heavy (non-hydrogen) atoms. The molecule has 1 N–H and O–H groups in total.